The number of rotatable bonds is 3. The smallest absolute Gasteiger partial charge is 0.130 e. The number of benzene rings is 1. The Labute approximate surface area is 121 Å². The Kier molecular flexibility index (Phi) is 3.34. The van der Waals surface area contributed by atoms with Gasteiger partial charge >= 0.3 is 0 Å². The summed E-state index contributed by atoms with van der Waals surface area (Å²) in [4.78, 5) is 5.14. The Balaban J connectivity index is 1.98. The maximum Gasteiger partial charge on any atom is 0.130 e. The van der Waals surface area contributed by atoms with Crippen molar-refractivity contribution in [2.45, 2.75) is 6.54 Å². The minimum atomic E-state index is 0.520. The highest BCUT2D eigenvalue weighted by atomic mass is 35.5. The first kappa shape index (κ1) is 12.1. The van der Waals surface area contributed by atoms with Crippen molar-refractivity contribution in [1.29, 1.82) is 0 Å². The average molecular weight is 317 g/mol. The lowest BCUT2D eigenvalue weighted by molar-refractivity contribution is 1.18. The average Bonchev–Trinajstić information content (AvgIpc) is 2.98. The van der Waals surface area contributed by atoms with Crippen LogP contribution in [0.3, 0.4) is 0 Å². The van der Waals surface area contributed by atoms with Crippen LogP contribution in [0.15, 0.2) is 17.8 Å². The Morgan fingerprint density at radius 1 is 1.17 bits per heavy atom. The standard InChI is InChI=1S/C10H6Cl2N4S2/c11-6-1-7(12)9-10(16-18-15-9)8(6)14-3-5-2-13-4-17-5/h1-2,4,14H,3H2. The molecule has 2 heterocycles. The van der Waals surface area contributed by atoms with Crippen molar-refractivity contribution in [2.24, 2.45) is 0 Å². The number of fused-ring (bicyclic) bond motifs is 1. The molecule has 0 fully saturated rings. The Hall–Kier alpha value is -0.950. The zero-order valence-corrected chi connectivity index (χ0v) is 12.0. The first-order chi connectivity index (χ1) is 8.75. The molecule has 0 atom stereocenters. The number of nitrogens with zero attached hydrogens (tertiary/aromatic N) is 3. The lowest BCUT2D eigenvalue weighted by Gasteiger charge is -2.08. The zero-order valence-electron chi connectivity index (χ0n) is 8.85. The number of anilines is 1. The molecule has 1 aromatic carbocycles. The summed E-state index contributed by atoms with van der Waals surface area (Å²) in [5.74, 6) is 0. The van der Waals surface area contributed by atoms with Crippen molar-refractivity contribution in [2.75, 3.05) is 5.32 Å². The zero-order chi connectivity index (χ0) is 12.5. The van der Waals surface area contributed by atoms with E-state index in [4.69, 9.17) is 23.2 Å². The van der Waals surface area contributed by atoms with Gasteiger partial charge in [0.15, 0.2) is 0 Å². The van der Waals surface area contributed by atoms with Crippen molar-refractivity contribution in [3.8, 4) is 0 Å². The fraction of sp³-hybridized carbons (Fsp3) is 0.100. The molecule has 2 aromatic heterocycles. The molecule has 0 saturated carbocycles. The summed E-state index contributed by atoms with van der Waals surface area (Å²) < 4.78 is 8.38. The monoisotopic (exact) mass is 316 g/mol. The van der Waals surface area contributed by atoms with Crippen LogP contribution in [0.1, 0.15) is 4.88 Å². The molecule has 92 valence electrons. The topological polar surface area (TPSA) is 50.7 Å². The number of hydrogen-bond acceptors (Lipinski definition) is 6. The summed E-state index contributed by atoms with van der Waals surface area (Å²) in [6, 6.07) is 1.68. The summed E-state index contributed by atoms with van der Waals surface area (Å²) in [7, 11) is 0. The molecule has 3 rings (SSSR count). The SMILES string of the molecule is Clc1cc(Cl)c2nsnc2c1NCc1cncs1. The van der Waals surface area contributed by atoms with E-state index in [0.29, 0.717) is 27.6 Å². The number of aromatic nitrogens is 3. The van der Waals surface area contributed by atoms with Crippen molar-refractivity contribution in [3.63, 3.8) is 0 Å². The van der Waals surface area contributed by atoms with Gasteiger partial charge in [0.2, 0.25) is 0 Å². The van der Waals surface area contributed by atoms with Gasteiger partial charge in [-0.05, 0) is 6.07 Å². The summed E-state index contributed by atoms with van der Waals surface area (Å²) in [5, 5.41) is 4.32. The van der Waals surface area contributed by atoms with Gasteiger partial charge in [0, 0.05) is 11.1 Å². The van der Waals surface area contributed by atoms with Crippen LogP contribution in [0.4, 0.5) is 5.69 Å². The van der Waals surface area contributed by atoms with Crippen LogP contribution in [0.25, 0.3) is 11.0 Å². The molecule has 0 aliphatic heterocycles. The van der Waals surface area contributed by atoms with Crippen LogP contribution in [-0.2, 0) is 6.54 Å². The number of halogens is 2. The highest BCUT2D eigenvalue weighted by Gasteiger charge is 2.13. The normalized spacial score (nSPS) is 11.0. The Morgan fingerprint density at radius 2 is 2.00 bits per heavy atom. The third kappa shape index (κ3) is 2.16. The van der Waals surface area contributed by atoms with E-state index in [1.807, 2.05) is 6.20 Å². The number of thiazole rings is 1. The summed E-state index contributed by atoms with van der Waals surface area (Å²) in [6.07, 6.45) is 1.82. The summed E-state index contributed by atoms with van der Waals surface area (Å²) >= 11 is 14.9. The molecule has 0 aliphatic carbocycles. The fourth-order valence-electron chi connectivity index (χ4n) is 1.55. The van der Waals surface area contributed by atoms with E-state index >= 15 is 0 Å². The third-order valence-corrected chi connectivity index (χ3v) is 4.26. The first-order valence-electron chi connectivity index (χ1n) is 4.97. The van der Waals surface area contributed by atoms with Gasteiger partial charge in [0.25, 0.3) is 0 Å². The van der Waals surface area contributed by atoms with Gasteiger partial charge in [0.1, 0.15) is 11.0 Å². The Bertz CT molecular complexity index is 681. The molecule has 0 radical (unpaired) electrons. The number of hydrogen-bond donors (Lipinski definition) is 1. The highest BCUT2D eigenvalue weighted by molar-refractivity contribution is 7.09. The molecule has 3 aromatic rings. The molecule has 0 unspecified atom stereocenters. The van der Waals surface area contributed by atoms with E-state index < -0.39 is 0 Å². The minimum Gasteiger partial charge on any atom is -0.377 e. The molecule has 1 N–H and O–H groups in total. The second-order valence-corrected chi connectivity index (χ2v) is 5.81. The van der Waals surface area contributed by atoms with Gasteiger partial charge in [-0.1, -0.05) is 23.2 Å². The van der Waals surface area contributed by atoms with E-state index in [1.54, 1.807) is 22.9 Å². The highest BCUT2D eigenvalue weighted by Crippen LogP contribution is 2.35. The van der Waals surface area contributed by atoms with E-state index in [9.17, 15) is 0 Å². The van der Waals surface area contributed by atoms with Gasteiger partial charge in [0.05, 0.1) is 39.5 Å². The van der Waals surface area contributed by atoms with Gasteiger partial charge < -0.3 is 5.32 Å². The van der Waals surface area contributed by atoms with Gasteiger partial charge in [-0.3, -0.25) is 4.98 Å². The van der Waals surface area contributed by atoms with Crippen LogP contribution in [0.2, 0.25) is 10.0 Å². The van der Waals surface area contributed by atoms with Crippen molar-refractivity contribution in [3.05, 3.63) is 32.7 Å². The predicted molar refractivity (Wildman–Crippen MR) is 76.9 cm³/mol. The van der Waals surface area contributed by atoms with Crippen molar-refractivity contribution >= 4 is 63.0 Å². The summed E-state index contributed by atoms with van der Waals surface area (Å²) in [5.41, 5.74) is 3.94. The maximum atomic E-state index is 6.18. The Morgan fingerprint density at radius 3 is 2.78 bits per heavy atom. The quantitative estimate of drug-likeness (QED) is 0.791. The second-order valence-electron chi connectivity index (χ2n) is 3.50. The largest absolute Gasteiger partial charge is 0.377 e. The van der Waals surface area contributed by atoms with Crippen LogP contribution in [-0.4, -0.2) is 13.7 Å². The maximum absolute atomic E-state index is 6.18. The molecule has 0 aliphatic rings. The molecule has 18 heavy (non-hydrogen) atoms. The van der Waals surface area contributed by atoms with Gasteiger partial charge in [-0.25, -0.2) is 0 Å². The van der Waals surface area contributed by atoms with E-state index in [1.165, 1.54) is 0 Å². The van der Waals surface area contributed by atoms with Crippen LogP contribution in [0.5, 0.6) is 0 Å². The first-order valence-corrected chi connectivity index (χ1v) is 7.34. The molecule has 0 spiro atoms. The minimum absolute atomic E-state index is 0.520. The fourth-order valence-corrected chi connectivity index (χ4v) is 3.26. The predicted octanol–water partition coefficient (Wildman–Crippen LogP) is 4.07. The van der Waals surface area contributed by atoms with Gasteiger partial charge in [-0.2, -0.15) is 8.75 Å². The van der Waals surface area contributed by atoms with E-state index in [-0.39, 0.29) is 0 Å². The third-order valence-electron chi connectivity index (χ3n) is 2.37. The molecular weight excluding hydrogens is 311 g/mol. The van der Waals surface area contributed by atoms with Crippen molar-refractivity contribution in [1.82, 2.24) is 13.7 Å². The van der Waals surface area contributed by atoms with Crippen LogP contribution < -0.4 is 5.32 Å². The summed E-state index contributed by atoms with van der Waals surface area (Å²) in [6.45, 7) is 0.651. The molecular formula is C10H6Cl2N4S2. The molecule has 0 saturated heterocycles. The molecule has 0 amide bonds. The second kappa shape index (κ2) is 4.97. The molecule has 4 nitrogen and oxygen atoms in total. The van der Waals surface area contributed by atoms with Crippen LogP contribution in [0, 0.1) is 0 Å². The van der Waals surface area contributed by atoms with E-state index in [2.05, 4.69) is 19.0 Å². The van der Waals surface area contributed by atoms with Gasteiger partial charge in [-0.15, -0.1) is 11.3 Å². The van der Waals surface area contributed by atoms with E-state index in [0.717, 1.165) is 22.3 Å². The molecule has 0 bridgehead atoms. The van der Waals surface area contributed by atoms with Crippen molar-refractivity contribution < 1.29 is 0 Å². The lowest BCUT2D eigenvalue weighted by Crippen LogP contribution is -1.99. The lowest BCUT2D eigenvalue weighted by atomic mass is 10.2. The number of nitrogens with one attached hydrogen (secondary N) is 1. The van der Waals surface area contributed by atoms with Crippen LogP contribution >= 0.6 is 46.3 Å². The molecule has 8 heteroatoms.